The SMILES string of the molecule is CC(C)C[C@H](NC(=O)[C@H](C)NC(=O)[C@H](CC(=O)O)NC(=O)[C@@H](NC(=O)[C@@H](NC(=O)[C@H](CCC(=O)O)NC(=O)[C@H](CCCN)NC(=O)[C@H](CCCNC(=N)N)NC(=O)[C@H](Cc1c[nH]cn1)NC(=O)[C@H](CC(C)C)NC(=O)[C@H](C)NC(=O)[C@H](CCCCN)NC(=O)[C@H](CCCCN)NC(=S)c1ccc2c(c1)C(=O)OC21c2ccc(O)cc2Oc2cc(O)ccc21)[C@@H](C)O)C(C)C)C(=O)O. The predicted octanol–water partition coefficient (Wildman–Crippen LogP) is -2.06. The number of aromatic amines is 1. The second kappa shape index (κ2) is 51.4. The average molecular weight is 1870 g/mol. The summed E-state index contributed by atoms with van der Waals surface area (Å²) in [7, 11) is 0. The molecule has 1 aromatic heterocycles. The fraction of sp³-hybridized carbons (Fsp3) is 0.547. The number of benzene rings is 3. The maximum atomic E-state index is 14.9. The Morgan fingerprint density at radius 2 is 0.902 bits per heavy atom. The number of nitrogens with one attached hydrogen (secondary N) is 16. The zero-order valence-electron chi connectivity index (χ0n) is 75.0. The van der Waals surface area contributed by atoms with Crippen LogP contribution in [-0.2, 0) is 88.7 Å². The fourth-order valence-corrected chi connectivity index (χ4v) is 14.8. The topological polar surface area (TPSA) is 738 Å². The Balaban J connectivity index is 1.17. The van der Waals surface area contributed by atoms with Crippen LogP contribution < -0.4 is 102 Å². The molecule has 0 aliphatic carbocycles. The van der Waals surface area contributed by atoms with Gasteiger partial charge in [0, 0.05) is 60.0 Å². The third kappa shape index (κ3) is 31.8. The van der Waals surface area contributed by atoms with Crippen molar-refractivity contribution in [1.82, 2.24) is 84.4 Å². The maximum absolute atomic E-state index is 14.9. The first-order valence-electron chi connectivity index (χ1n) is 43.5. The Hall–Kier alpha value is -13.2. The molecule has 3 heterocycles. The Morgan fingerprint density at radius 3 is 1.38 bits per heavy atom. The van der Waals surface area contributed by atoms with E-state index < -0.39 is 216 Å². The van der Waals surface area contributed by atoms with E-state index in [4.69, 9.17) is 50.0 Å². The summed E-state index contributed by atoms with van der Waals surface area (Å²) in [5.41, 5.74) is 23.4. The lowest BCUT2D eigenvalue weighted by Crippen LogP contribution is -2.62. The highest BCUT2D eigenvalue weighted by Gasteiger charge is 2.54. The van der Waals surface area contributed by atoms with Gasteiger partial charge in [-0.15, -0.1) is 0 Å². The predicted molar refractivity (Wildman–Crippen MR) is 479 cm³/mol. The minimum absolute atomic E-state index is 0.000333. The number of fused-ring (bicyclic) bond motifs is 6. The van der Waals surface area contributed by atoms with E-state index in [2.05, 4.69) is 84.4 Å². The summed E-state index contributed by atoms with van der Waals surface area (Å²) in [6.45, 7) is 13.6. The molecular formula is C86H125N21O24S. The van der Waals surface area contributed by atoms with E-state index in [-0.39, 0.29) is 135 Å². The molecular weight excluding hydrogens is 1740 g/mol. The van der Waals surface area contributed by atoms with Crippen molar-refractivity contribution in [1.29, 1.82) is 5.41 Å². The molecule has 0 saturated carbocycles. The molecule has 14 atom stereocenters. The summed E-state index contributed by atoms with van der Waals surface area (Å²) in [6, 6.07) is -7.02. The lowest BCUT2D eigenvalue weighted by Gasteiger charge is -2.36. The molecule has 0 radical (unpaired) electrons. The van der Waals surface area contributed by atoms with Gasteiger partial charge < -0.3 is 142 Å². The number of H-pyrrole nitrogens is 1. The number of aliphatic hydroxyl groups excluding tert-OH is 1. The van der Waals surface area contributed by atoms with Crippen LogP contribution in [0.4, 0.5) is 0 Å². The smallest absolute Gasteiger partial charge is 0.340 e. The Labute approximate surface area is 766 Å². The van der Waals surface area contributed by atoms with Crippen LogP contribution in [0, 0.1) is 23.2 Å². The van der Waals surface area contributed by atoms with E-state index in [1.54, 1.807) is 52.0 Å². The van der Waals surface area contributed by atoms with Gasteiger partial charge in [0.05, 0.1) is 30.1 Å². The molecule has 0 unspecified atom stereocenters. The van der Waals surface area contributed by atoms with Gasteiger partial charge in [0.1, 0.15) is 107 Å². The molecule has 30 N–H and O–H groups in total. The summed E-state index contributed by atoms with van der Waals surface area (Å²) < 4.78 is 12.3. The van der Waals surface area contributed by atoms with Crippen LogP contribution in [0.25, 0.3) is 0 Å². The number of imidazole rings is 1. The number of aliphatic carboxylic acids is 3. The van der Waals surface area contributed by atoms with Gasteiger partial charge in [-0.3, -0.25) is 72.5 Å². The molecule has 0 saturated heterocycles. The number of aliphatic hydroxyl groups is 1. The number of carbonyl (C=O) groups excluding carboxylic acids is 13. The van der Waals surface area contributed by atoms with Crippen molar-refractivity contribution < 1.29 is 117 Å². The van der Waals surface area contributed by atoms with E-state index in [1.165, 1.54) is 70.6 Å². The number of aromatic hydroxyl groups is 2. The number of unbranched alkanes of at least 4 members (excludes halogenated alkanes) is 2. The van der Waals surface area contributed by atoms with Crippen molar-refractivity contribution >= 4 is 118 Å². The number of hydrogen-bond acceptors (Lipinski definition) is 27. The molecule has 0 fully saturated rings. The number of nitrogens with zero attached hydrogens (tertiary/aromatic N) is 1. The van der Waals surface area contributed by atoms with Gasteiger partial charge in [-0.2, -0.15) is 0 Å². The number of hydrogen-bond donors (Lipinski definition) is 26. The molecule has 724 valence electrons. The zero-order chi connectivity index (χ0) is 98.1. The minimum Gasteiger partial charge on any atom is -0.508 e. The molecule has 12 amide bonds. The maximum Gasteiger partial charge on any atom is 0.340 e. The van der Waals surface area contributed by atoms with E-state index in [1.807, 2.05) is 0 Å². The van der Waals surface area contributed by atoms with Crippen LogP contribution in [-0.4, -0.2) is 257 Å². The average Bonchev–Trinajstić information content (AvgIpc) is 1.52. The number of carbonyl (C=O) groups is 16. The summed E-state index contributed by atoms with van der Waals surface area (Å²) in [6.07, 6.45) is -0.856. The zero-order valence-corrected chi connectivity index (χ0v) is 75.8. The number of esters is 1. The summed E-state index contributed by atoms with van der Waals surface area (Å²) in [5.74, 6) is -19.4. The number of rotatable bonds is 55. The number of ether oxygens (including phenoxy) is 2. The van der Waals surface area contributed by atoms with Crippen LogP contribution in [0.3, 0.4) is 0 Å². The Morgan fingerprint density at radius 1 is 0.477 bits per heavy atom. The highest BCUT2D eigenvalue weighted by molar-refractivity contribution is 7.80. The number of thiocarbonyl (C=S) groups is 1. The van der Waals surface area contributed by atoms with Crippen molar-refractivity contribution in [2.75, 3.05) is 26.2 Å². The quantitative estimate of drug-likeness (QED) is 0.00743. The van der Waals surface area contributed by atoms with E-state index in [9.17, 15) is 107 Å². The number of nitrogens with two attached hydrogens (primary N) is 4. The first kappa shape index (κ1) is 108. The van der Waals surface area contributed by atoms with Gasteiger partial charge in [0.2, 0.25) is 70.9 Å². The second-order valence-electron chi connectivity index (χ2n) is 33.6. The minimum atomic E-state index is -2.01. The lowest BCUT2D eigenvalue weighted by molar-refractivity contribution is -0.143. The Bertz CT molecular complexity index is 4730. The number of carboxylic acid groups (broad SMARTS) is 3. The highest BCUT2D eigenvalue weighted by atomic mass is 32.1. The van der Waals surface area contributed by atoms with Crippen LogP contribution in [0.1, 0.15) is 197 Å². The van der Waals surface area contributed by atoms with Crippen molar-refractivity contribution in [2.24, 2.45) is 40.7 Å². The van der Waals surface area contributed by atoms with Gasteiger partial charge in [0.25, 0.3) is 0 Å². The summed E-state index contributed by atoms with van der Waals surface area (Å²) >= 11 is 5.92. The number of phenols is 2. The highest BCUT2D eigenvalue weighted by Crippen LogP contribution is 2.57. The summed E-state index contributed by atoms with van der Waals surface area (Å²) in [5, 5.41) is 104. The number of guanidine groups is 1. The monoisotopic (exact) mass is 1870 g/mol. The van der Waals surface area contributed by atoms with Gasteiger partial charge in [-0.05, 0) is 172 Å². The Kier molecular flexibility index (Phi) is 41.9. The van der Waals surface area contributed by atoms with Crippen LogP contribution in [0.15, 0.2) is 67.1 Å². The van der Waals surface area contributed by atoms with Gasteiger partial charge in [-0.1, -0.05) is 65.9 Å². The van der Waals surface area contributed by atoms with Crippen molar-refractivity contribution in [3.63, 3.8) is 0 Å². The van der Waals surface area contributed by atoms with Crippen molar-refractivity contribution in [3.05, 3.63) is 101 Å². The molecule has 2 aliphatic heterocycles. The fourth-order valence-electron chi connectivity index (χ4n) is 14.6. The third-order valence-electron chi connectivity index (χ3n) is 21.5. The molecule has 46 heteroatoms. The number of phenolic OH excluding ortho intramolecular Hbond substituents is 2. The third-order valence-corrected chi connectivity index (χ3v) is 21.9. The van der Waals surface area contributed by atoms with Crippen LogP contribution >= 0.6 is 12.2 Å². The number of carboxylic acids is 3. The van der Waals surface area contributed by atoms with Gasteiger partial charge in [0.15, 0.2) is 11.6 Å². The normalized spacial score (nSPS) is 15.4. The second-order valence-corrected chi connectivity index (χ2v) is 34.0. The van der Waals surface area contributed by atoms with E-state index in [0.717, 1.165) is 6.92 Å². The number of aromatic nitrogens is 2. The number of amides is 12. The molecule has 45 nitrogen and oxygen atoms in total. The molecule has 1 spiro atoms. The first-order valence-corrected chi connectivity index (χ1v) is 43.9. The summed E-state index contributed by atoms with van der Waals surface area (Å²) in [4.78, 5) is 229. The van der Waals surface area contributed by atoms with Crippen molar-refractivity contribution in [2.45, 2.75) is 255 Å². The van der Waals surface area contributed by atoms with E-state index in [0.29, 0.717) is 47.9 Å². The molecule has 2 aliphatic rings. The molecule has 6 rings (SSSR count). The van der Waals surface area contributed by atoms with Gasteiger partial charge in [-0.25, -0.2) is 14.6 Å². The molecule has 132 heavy (non-hydrogen) atoms. The van der Waals surface area contributed by atoms with Crippen molar-refractivity contribution in [3.8, 4) is 23.0 Å². The van der Waals surface area contributed by atoms with E-state index >= 15 is 0 Å². The van der Waals surface area contributed by atoms with Crippen LogP contribution in [0.2, 0.25) is 0 Å². The first-order chi connectivity index (χ1) is 62.3. The molecule has 4 aromatic rings. The molecule has 0 bridgehead atoms. The largest absolute Gasteiger partial charge is 0.508 e. The lowest BCUT2D eigenvalue weighted by atomic mass is 9.77. The van der Waals surface area contributed by atoms with Crippen LogP contribution in [0.5, 0.6) is 23.0 Å². The van der Waals surface area contributed by atoms with Gasteiger partial charge >= 0.3 is 23.9 Å². The standard InChI is InChI=1S/C86H125N21O24S/c1-41(2)32-60(101-70(115)44(7)95-72(117)55(16-10-12-28-87)97-75(120)58(17-11-13-29-88)105-82(132)47-20-23-52-51(34-47)84(129)131-86(52)53-24-21-49(109)36-64(53)130-65-37-50(110)22-25-54(65)86)78(123)102-61(35-48-39-92-40-94-48)79(124)99-57(19-15-31-93-85(90)91)74(119)98-56(18-14-30-89)73(118)100-59(26-27-66(111)112)76(121)107-69(46(9)108)81(126)106-68(43(5)6)80(125)103-62(38-67(113)114)77(122)96-45(8)71(116)104-63(83(127)128)33-42(3)4/h20-25,34,36-37,39-46,55-63,68-69,108-110H,10-19,26-33,35,38,87-89H2,1-9H3,(H,92,94)(H,95,117)(H,96,122)(H,97,120)(H,98,119)(H,99,124)(H,100,118)(H,101,115)(H,102,123)(H,103,125)(H,104,116)(H,105,132)(H,106,126)(H,107,121)(H,111,112)(H,113,114)(H,127,128)(H4,90,91,93)/t44-,45-,46+,55-,56-,57-,58-,59-,60-,61-,62-,63-,68-,69-/m0/s1. The molecule has 3 aromatic carbocycles.